The van der Waals surface area contributed by atoms with Gasteiger partial charge in [-0.05, 0) is 11.3 Å². The number of para-hydroxylation sites is 1. The molecule has 1 N–H and O–H groups in total. The van der Waals surface area contributed by atoms with Gasteiger partial charge >= 0.3 is 5.76 Å². The first kappa shape index (κ1) is 11.2. The number of halogens is 2. The average molecular weight is 283 g/mol. The van der Waals surface area contributed by atoms with Gasteiger partial charge in [-0.3, -0.25) is 4.98 Å². The van der Waals surface area contributed by atoms with E-state index in [0.717, 1.165) is 0 Å². The number of aromatic amines is 1. The van der Waals surface area contributed by atoms with E-state index in [0.29, 0.717) is 22.2 Å². The van der Waals surface area contributed by atoms with Crippen LogP contribution in [0.5, 0.6) is 0 Å². The summed E-state index contributed by atoms with van der Waals surface area (Å²) in [6, 6.07) is 5.09. The molecule has 0 saturated carbocycles. The van der Waals surface area contributed by atoms with Crippen molar-refractivity contribution in [1.29, 1.82) is 0 Å². The highest BCUT2D eigenvalue weighted by Crippen LogP contribution is 2.34. The lowest BCUT2D eigenvalue weighted by molar-refractivity contribution is 0.555. The molecule has 2 aromatic heterocycles. The van der Waals surface area contributed by atoms with Gasteiger partial charge in [0, 0.05) is 5.56 Å². The number of nitrogens with one attached hydrogen (secondary N) is 1. The van der Waals surface area contributed by atoms with E-state index in [2.05, 4.69) is 20.4 Å². The van der Waals surface area contributed by atoms with Crippen molar-refractivity contribution in [3.8, 4) is 11.1 Å². The number of hydrogen-bond acceptors (Lipinski definition) is 5. The Morgan fingerprint density at radius 3 is 2.61 bits per heavy atom. The topological polar surface area (TPSA) is 84.7 Å². The van der Waals surface area contributed by atoms with E-state index in [9.17, 15) is 4.79 Å². The van der Waals surface area contributed by atoms with Crippen LogP contribution in [0.25, 0.3) is 22.2 Å². The standard InChI is InChI=1S/C10H4Cl2N4O2/c11-8-6(9(12)15-16-14-8)4-2-1-3-5-7(4)13-10(17)18-5/h1-3H,(H,13,17). The minimum absolute atomic E-state index is 0.101. The SMILES string of the molecule is O=c1[nH]c2c(-c3c(Cl)nnnc3Cl)cccc2o1. The van der Waals surface area contributed by atoms with Gasteiger partial charge in [-0.1, -0.05) is 35.3 Å². The molecule has 0 radical (unpaired) electrons. The monoisotopic (exact) mass is 282 g/mol. The quantitative estimate of drug-likeness (QED) is 0.740. The number of H-pyrrole nitrogens is 1. The summed E-state index contributed by atoms with van der Waals surface area (Å²) in [4.78, 5) is 13.8. The Morgan fingerprint density at radius 1 is 1.17 bits per heavy atom. The van der Waals surface area contributed by atoms with E-state index in [1.165, 1.54) is 0 Å². The van der Waals surface area contributed by atoms with Crippen LogP contribution in [0.1, 0.15) is 0 Å². The van der Waals surface area contributed by atoms with Crippen LogP contribution in [-0.2, 0) is 0 Å². The Morgan fingerprint density at radius 2 is 1.89 bits per heavy atom. The van der Waals surface area contributed by atoms with Crippen molar-refractivity contribution in [2.45, 2.75) is 0 Å². The smallest absolute Gasteiger partial charge is 0.408 e. The van der Waals surface area contributed by atoms with E-state index in [4.69, 9.17) is 27.6 Å². The summed E-state index contributed by atoms with van der Waals surface area (Å²) in [6.45, 7) is 0. The molecule has 90 valence electrons. The highest BCUT2D eigenvalue weighted by Gasteiger charge is 2.16. The zero-order chi connectivity index (χ0) is 12.7. The second-order valence-corrected chi connectivity index (χ2v) is 4.16. The highest BCUT2D eigenvalue weighted by atomic mass is 35.5. The largest absolute Gasteiger partial charge is 0.417 e. The zero-order valence-corrected chi connectivity index (χ0v) is 10.2. The predicted octanol–water partition coefficient (Wildman–Crippen LogP) is 2.28. The fourth-order valence-corrected chi connectivity index (χ4v) is 2.19. The summed E-state index contributed by atoms with van der Waals surface area (Å²) in [5.41, 5.74) is 1.87. The number of benzene rings is 1. The first-order chi connectivity index (χ1) is 8.66. The van der Waals surface area contributed by atoms with Gasteiger partial charge in [0.2, 0.25) is 0 Å². The van der Waals surface area contributed by atoms with E-state index in [-0.39, 0.29) is 10.3 Å². The molecule has 0 atom stereocenters. The maximum absolute atomic E-state index is 11.2. The van der Waals surface area contributed by atoms with Gasteiger partial charge < -0.3 is 4.42 Å². The molecular weight excluding hydrogens is 279 g/mol. The number of nitrogens with zero attached hydrogens (tertiary/aromatic N) is 3. The molecule has 3 aromatic rings. The number of oxazole rings is 1. The third-order valence-electron chi connectivity index (χ3n) is 2.40. The molecule has 6 nitrogen and oxygen atoms in total. The van der Waals surface area contributed by atoms with Gasteiger partial charge in [-0.15, -0.1) is 10.2 Å². The summed E-state index contributed by atoms with van der Waals surface area (Å²) in [5, 5.41) is 10.9. The summed E-state index contributed by atoms with van der Waals surface area (Å²) in [5.74, 6) is -0.556. The second kappa shape index (κ2) is 4.08. The minimum Gasteiger partial charge on any atom is -0.408 e. The second-order valence-electron chi connectivity index (χ2n) is 3.44. The highest BCUT2D eigenvalue weighted by molar-refractivity contribution is 6.38. The zero-order valence-electron chi connectivity index (χ0n) is 8.65. The number of fused-ring (bicyclic) bond motifs is 1. The first-order valence-corrected chi connectivity index (χ1v) is 5.59. The fourth-order valence-electron chi connectivity index (χ4n) is 1.69. The first-order valence-electron chi connectivity index (χ1n) is 4.83. The fraction of sp³-hybridized carbons (Fsp3) is 0. The van der Waals surface area contributed by atoms with E-state index < -0.39 is 5.76 Å². The number of aromatic nitrogens is 4. The molecule has 18 heavy (non-hydrogen) atoms. The normalized spacial score (nSPS) is 11.0. The molecule has 1 aromatic carbocycles. The third-order valence-corrected chi connectivity index (χ3v) is 2.93. The van der Waals surface area contributed by atoms with Crippen molar-refractivity contribution in [3.63, 3.8) is 0 Å². The molecule has 0 unspecified atom stereocenters. The summed E-state index contributed by atoms with van der Waals surface area (Å²) in [7, 11) is 0. The van der Waals surface area contributed by atoms with Gasteiger partial charge in [0.25, 0.3) is 0 Å². The van der Waals surface area contributed by atoms with Crippen LogP contribution in [0.2, 0.25) is 10.3 Å². The van der Waals surface area contributed by atoms with Crippen molar-refractivity contribution < 1.29 is 4.42 Å². The van der Waals surface area contributed by atoms with E-state index in [1.54, 1.807) is 18.2 Å². The molecule has 0 spiro atoms. The Labute approximate surface area is 110 Å². The summed E-state index contributed by atoms with van der Waals surface area (Å²) >= 11 is 11.9. The Kier molecular flexibility index (Phi) is 2.53. The lowest BCUT2D eigenvalue weighted by atomic mass is 10.1. The maximum Gasteiger partial charge on any atom is 0.417 e. The molecule has 0 aliphatic heterocycles. The van der Waals surface area contributed by atoms with E-state index in [1.807, 2.05) is 0 Å². The van der Waals surface area contributed by atoms with Crippen molar-refractivity contribution in [1.82, 2.24) is 20.4 Å². The Bertz CT molecular complexity index is 776. The Balaban J connectivity index is 2.42. The molecule has 0 amide bonds. The molecule has 0 saturated heterocycles. The van der Waals surface area contributed by atoms with Gasteiger partial charge in [0.15, 0.2) is 15.9 Å². The maximum atomic E-state index is 11.2. The third kappa shape index (κ3) is 1.66. The lowest BCUT2D eigenvalue weighted by Gasteiger charge is -2.04. The van der Waals surface area contributed by atoms with Gasteiger partial charge in [-0.25, -0.2) is 4.79 Å². The predicted molar refractivity (Wildman–Crippen MR) is 65.7 cm³/mol. The lowest BCUT2D eigenvalue weighted by Crippen LogP contribution is -1.96. The van der Waals surface area contributed by atoms with Crippen LogP contribution in [0, 0.1) is 0 Å². The molecular formula is C10H4Cl2N4O2. The van der Waals surface area contributed by atoms with Gasteiger partial charge in [0.05, 0.1) is 11.1 Å². The van der Waals surface area contributed by atoms with Gasteiger partial charge in [-0.2, -0.15) is 0 Å². The van der Waals surface area contributed by atoms with Crippen molar-refractivity contribution in [2.24, 2.45) is 0 Å². The number of hydrogen-bond donors (Lipinski definition) is 1. The molecule has 0 aliphatic rings. The van der Waals surface area contributed by atoms with Crippen LogP contribution in [0.15, 0.2) is 27.4 Å². The van der Waals surface area contributed by atoms with Crippen LogP contribution in [0.3, 0.4) is 0 Å². The van der Waals surface area contributed by atoms with E-state index >= 15 is 0 Å². The van der Waals surface area contributed by atoms with Crippen LogP contribution < -0.4 is 5.76 Å². The molecule has 0 bridgehead atoms. The minimum atomic E-state index is -0.556. The Hall–Kier alpha value is -1.92. The van der Waals surface area contributed by atoms with Crippen LogP contribution in [-0.4, -0.2) is 20.4 Å². The summed E-state index contributed by atoms with van der Waals surface area (Å²) < 4.78 is 4.96. The average Bonchev–Trinajstić information content (AvgIpc) is 2.70. The number of rotatable bonds is 1. The summed E-state index contributed by atoms with van der Waals surface area (Å²) in [6.07, 6.45) is 0. The molecule has 0 aliphatic carbocycles. The van der Waals surface area contributed by atoms with Crippen molar-refractivity contribution in [3.05, 3.63) is 39.1 Å². The van der Waals surface area contributed by atoms with Crippen molar-refractivity contribution in [2.75, 3.05) is 0 Å². The molecule has 3 rings (SSSR count). The van der Waals surface area contributed by atoms with Crippen molar-refractivity contribution >= 4 is 34.3 Å². The molecule has 2 heterocycles. The van der Waals surface area contributed by atoms with Crippen LogP contribution in [0.4, 0.5) is 0 Å². The molecule has 0 fully saturated rings. The van der Waals surface area contributed by atoms with Crippen LogP contribution >= 0.6 is 23.2 Å². The van der Waals surface area contributed by atoms with Gasteiger partial charge in [0.1, 0.15) is 0 Å². The molecule has 8 heteroatoms.